The lowest BCUT2D eigenvalue weighted by molar-refractivity contribution is 0.580. The van der Waals surface area contributed by atoms with Crippen LogP contribution in [0.5, 0.6) is 0 Å². The molecule has 0 aliphatic carbocycles. The van der Waals surface area contributed by atoms with Crippen molar-refractivity contribution in [1.29, 1.82) is 0 Å². The highest BCUT2D eigenvalue weighted by atomic mass is 19.1. The van der Waals surface area contributed by atoms with Crippen LogP contribution >= 0.6 is 0 Å². The van der Waals surface area contributed by atoms with E-state index in [2.05, 4.69) is 10.3 Å². The number of aryl methyl sites for hydroxylation is 1. The third-order valence-corrected chi connectivity index (χ3v) is 2.77. The van der Waals surface area contributed by atoms with Gasteiger partial charge in [-0.05, 0) is 43.2 Å². The van der Waals surface area contributed by atoms with Crippen molar-refractivity contribution in [2.45, 2.75) is 13.3 Å². The molecule has 0 amide bonds. The molecule has 100 valence electrons. The SMILES string of the molecule is Cc1nc(NCCc2cc(F)cc(F)c2)ccc1N. The molecule has 0 aliphatic heterocycles. The normalized spacial score (nSPS) is 10.5. The van der Waals surface area contributed by atoms with E-state index < -0.39 is 11.6 Å². The molecule has 0 spiro atoms. The monoisotopic (exact) mass is 263 g/mol. The number of pyridine rings is 1. The van der Waals surface area contributed by atoms with Crippen molar-refractivity contribution < 1.29 is 8.78 Å². The summed E-state index contributed by atoms with van der Waals surface area (Å²) in [5, 5.41) is 3.09. The molecule has 0 saturated carbocycles. The van der Waals surface area contributed by atoms with Crippen LogP contribution in [-0.4, -0.2) is 11.5 Å². The van der Waals surface area contributed by atoms with Gasteiger partial charge in [-0.2, -0.15) is 0 Å². The van der Waals surface area contributed by atoms with Crippen LogP contribution in [0.4, 0.5) is 20.3 Å². The number of nitrogen functional groups attached to an aromatic ring is 1. The van der Waals surface area contributed by atoms with Crippen LogP contribution in [0, 0.1) is 18.6 Å². The molecule has 1 aromatic carbocycles. The van der Waals surface area contributed by atoms with Gasteiger partial charge in [0.1, 0.15) is 17.5 Å². The number of halogens is 2. The quantitative estimate of drug-likeness (QED) is 0.891. The maximum Gasteiger partial charge on any atom is 0.126 e. The van der Waals surface area contributed by atoms with Gasteiger partial charge < -0.3 is 11.1 Å². The number of rotatable bonds is 4. The molecule has 2 aromatic rings. The number of nitrogens with zero attached hydrogens (tertiary/aromatic N) is 1. The molecule has 0 fully saturated rings. The lowest BCUT2D eigenvalue weighted by Crippen LogP contribution is -2.07. The average molecular weight is 263 g/mol. The van der Waals surface area contributed by atoms with Crippen LogP contribution in [0.15, 0.2) is 30.3 Å². The number of aromatic nitrogens is 1. The van der Waals surface area contributed by atoms with E-state index in [0.717, 1.165) is 11.8 Å². The van der Waals surface area contributed by atoms with Gasteiger partial charge in [-0.1, -0.05) is 0 Å². The third kappa shape index (κ3) is 3.64. The van der Waals surface area contributed by atoms with Gasteiger partial charge in [-0.15, -0.1) is 0 Å². The minimum absolute atomic E-state index is 0.514. The van der Waals surface area contributed by atoms with Gasteiger partial charge in [-0.3, -0.25) is 0 Å². The Balaban J connectivity index is 1.94. The van der Waals surface area contributed by atoms with Crippen molar-refractivity contribution in [2.24, 2.45) is 0 Å². The lowest BCUT2D eigenvalue weighted by Gasteiger charge is -2.08. The largest absolute Gasteiger partial charge is 0.397 e. The Morgan fingerprint density at radius 1 is 1.16 bits per heavy atom. The number of benzene rings is 1. The molecule has 1 aromatic heterocycles. The van der Waals surface area contributed by atoms with Gasteiger partial charge in [0.25, 0.3) is 0 Å². The van der Waals surface area contributed by atoms with E-state index in [4.69, 9.17) is 5.73 Å². The van der Waals surface area contributed by atoms with Crippen LogP contribution in [0.2, 0.25) is 0 Å². The second-order valence-corrected chi connectivity index (χ2v) is 4.33. The summed E-state index contributed by atoms with van der Waals surface area (Å²) in [6, 6.07) is 7.06. The zero-order valence-corrected chi connectivity index (χ0v) is 10.6. The maximum absolute atomic E-state index is 13.0. The molecule has 0 atom stereocenters. The average Bonchev–Trinajstić information content (AvgIpc) is 2.32. The summed E-state index contributed by atoms with van der Waals surface area (Å²) in [6.45, 7) is 2.36. The summed E-state index contributed by atoms with van der Waals surface area (Å²) in [5.41, 5.74) is 7.67. The minimum Gasteiger partial charge on any atom is -0.397 e. The van der Waals surface area contributed by atoms with Crippen molar-refractivity contribution in [3.05, 3.63) is 53.2 Å². The molecule has 19 heavy (non-hydrogen) atoms. The van der Waals surface area contributed by atoms with Gasteiger partial charge >= 0.3 is 0 Å². The molecule has 2 rings (SSSR count). The standard InChI is InChI=1S/C14H15F2N3/c1-9-13(17)2-3-14(19-9)18-5-4-10-6-11(15)8-12(16)7-10/h2-3,6-8H,4-5,17H2,1H3,(H,18,19). The molecule has 1 heterocycles. The molecule has 3 N–H and O–H groups in total. The highest BCUT2D eigenvalue weighted by Crippen LogP contribution is 2.12. The zero-order valence-electron chi connectivity index (χ0n) is 10.6. The summed E-state index contributed by atoms with van der Waals surface area (Å²) in [6.07, 6.45) is 0.514. The van der Waals surface area contributed by atoms with E-state index in [0.29, 0.717) is 30.0 Å². The van der Waals surface area contributed by atoms with E-state index in [1.165, 1.54) is 12.1 Å². The Bertz CT molecular complexity index is 565. The number of anilines is 2. The van der Waals surface area contributed by atoms with Crippen molar-refractivity contribution >= 4 is 11.5 Å². The van der Waals surface area contributed by atoms with Crippen molar-refractivity contribution in [3.8, 4) is 0 Å². The van der Waals surface area contributed by atoms with Gasteiger partial charge in [0, 0.05) is 12.6 Å². The molecule has 0 unspecified atom stereocenters. The fourth-order valence-electron chi connectivity index (χ4n) is 1.76. The topological polar surface area (TPSA) is 50.9 Å². The first kappa shape index (κ1) is 13.3. The Kier molecular flexibility index (Phi) is 3.94. The van der Waals surface area contributed by atoms with Gasteiger partial charge in [0.15, 0.2) is 0 Å². The predicted octanol–water partition coefficient (Wildman–Crippen LogP) is 2.91. The Labute approximate surface area is 110 Å². The maximum atomic E-state index is 13.0. The number of nitrogens with two attached hydrogens (primary N) is 1. The number of hydrogen-bond donors (Lipinski definition) is 2. The summed E-state index contributed by atoms with van der Waals surface area (Å²) in [5.74, 6) is -0.420. The highest BCUT2D eigenvalue weighted by molar-refractivity contribution is 5.49. The minimum atomic E-state index is -0.559. The van der Waals surface area contributed by atoms with Crippen LogP contribution in [0.3, 0.4) is 0 Å². The first-order chi connectivity index (χ1) is 9.04. The first-order valence-corrected chi connectivity index (χ1v) is 5.96. The first-order valence-electron chi connectivity index (χ1n) is 5.96. The predicted molar refractivity (Wildman–Crippen MR) is 71.9 cm³/mol. The fourth-order valence-corrected chi connectivity index (χ4v) is 1.76. The molecule has 0 saturated heterocycles. The lowest BCUT2D eigenvalue weighted by atomic mass is 10.1. The second kappa shape index (κ2) is 5.65. The smallest absolute Gasteiger partial charge is 0.126 e. The molecular formula is C14H15F2N3. The summed E-state index contributed by atoms with van der Waals surface area (Å²) >= 11 is 0. The molecule has 5 heteroatoms. The van der Waals surface area contributed by atoms with E-state index in [1.807, 2.05) is 6.92 Å². The van der Waals surface area contributed by atoms with Crippen LogP contribution in [-0.2, 0) is 6.42 Å². The summed E-state index contributed by atoms with van der Waals surface area (Å²) in [4.78, 5) is 4.25. The molecule has 3 nitrogen and oxygen atoms in total. The van der Waals surface area contributed by atoms with Crippen LogP contribution < -0.4 is 11.1 Å². The third-order valence-electron chi connectivity index (χ3n) is 2.77. The Morgan fingerprint density at radius 3 is 2.47 bits per heavy atom. The molecular weight excluding hydrogens is 248 g/mol. The summed E-state index contributed by atoms with van der Waals surface area (Å²) < 4.78 is 26.0. The van der Waals surface area contributed by atoms with Gasteiger partial charge in [0.2, 0.25) is 0 Å². The van der Waals surface area contributed by atoms with Crippen molar-refractivity contribution in [2.75, 3.05) is 17.6 Å². The van der Waals surface area contributed by atoms with Gasteiger partial charge in [0.05, 0.1) is 11.4 Å². The van der Waals surface area contributed by atoms with Crippen molar-refractivity contribution in [3.63, 3.8) is 0 Å². The number of hydrogen-bond acceptors (Lipinski definition) is 3. The zero-order chi connectivity index (χ0) is 13.8. The molecule has 0 radical (unpaired) electrons. The second-order valence-electron chi connectivity index (χ2n) is 4.33. The van der Waals surface area contributed by atoms with Crippen LogP contribution in [0.1, 0.15) is 11.3 Å². The highest BCUT2D eigenvalue weighted by Gasteiger charge is 2.02. The fraction of sp³-hybridized carbons (Fsp3) is 0.214. The van der Waals surface area contributed by atoms with Crippen molar-refractivity contribution in [1.82, 2.24) is 4.98 Å². The van der Waals surface area contributed by atoms with E-state index in [9.17, 15) is 8.78 Å². The number of nitrogens with one attached hydrogen (secondary N) is 1. The van der Waals surface area contributed by atoms with E-state index in [1.54, 1.807) is 12.1 Å². The van der Waals surface area contributed by atoms with Gasteiger partial charge in [-0.25, -0.2) is 13.8 Å². The molecule has 0 bridgehead atoms. The van der Waals surface area contributed by atoms with Crippen LogP contribution in [0.25, 0.3) is 0 Å². The van der Waals surface area contributed by atoms with E-state index in [-0.39, 0.29) is 0 Å². The van der Waals surface area contributed by atoms with E-state index >= 15 is 0 Å². The summed E-state index contributed by atoms with van der Waals surface area (Å²) in [7, 11) is 0. The Hall–Kier alpha value is -2.17. The molecule has 0 aliphatic rings. The Morgan fingerprint density at radius 2 is 1.84 bits per heavy atom.